The number of guanidine groups is 1. The molecule has 14 heavy (non-hydrogen) atoms. The first-order chi connectivity index (χ1) is 6.25. The summed E-state index contributed by atoms with van der Waals surface area (Å²) in [6.07, 6.45) is 0. The maximum atomic E-state index is 5.28. The van der Waals surface area contributed by atoms with Gasteiger partial charge in [0, 0.05) is 4.70 Å². The standard InChI is InChI=1S/C9H9N3S.ClH/c10-9(11)12-8-5-6-3-1-2-4-7(6)13-8;/h1-5H,(H4,10,11,12);1H. The Labute approximate surface area is 91.8 Å². The largest absolute Gasteiger partial charge is 0.370 e. The Hall–Kier alpha value is -1.26. The van der Waals surface area contributed by atoms with Gasteiger partial charge in [0.1, 0.15) is 5.00 Å². The third-order valence-corrected chi connectivity index (χ3v) is 2.66. The number of fused-ring (bicyclic) bond motifs is 1. The van der Waals surface area contributed by atoms with Gasteiger partial charge in [-0.1, -0.05) is 18.2 Å². The van der Waals surface area contributed by atoms with Gasteiger partial charge in [0.25, 0.3) is 0 Å². The van der Waals surface area contributed by atoms with Crippen molar-refractivity contribution in [2.75, 3.05) is 0 Å². The van der Waals surface area contributed by atoms with Gasteiger partial charge in [-0.15, -0.1) is 23.7 Å². The molecule has 0 atom stereocenters. The molecule has 1 aromatic carbocycles. The molecule has 0 bridgehead atoms. The topological polar surface area (TPSA) is 64.4 Å². The van der Waals surface area contributed by atoms with E-state index in [2.05, 4.69) is 4.99 Å². The first kappa shape index (κ1) is 10.8. The lowest BCUT2D eigenvalue weighted by Crippen LogP contribution is -2.21. The molecule has 0 saturated heterocycles. The van der Waals surface area contributed by atoms with Crippen LogP contribution in [0.3, 0.4) is 0 Å². The average Bonchev–Trinajstić information content (AvgIpc) is 2.44. The fourth-order valence-electron chi connectivity index (χ4n) is 1.15. The summed E-state index contributed by atoms with van der Waals surface area (Å²) in [4.78, 5) is 3.99. The van der Waals surface area contributed by atoms with Gasteiger partial charge < -0.3 is 11.5 Å². The maximum Gasteiger partial charge on any atom is 0.191 e. The van der Waals surface area contributed by atoms with Crippen molar-refractivity contribution in [3.63, 3.8) is 0 Å². The number of nitrogens with two attached hydrogens (primary N) is 2. The molecule has 0 spiro atoms. The van der Waals surface area contributed by atoms with E-state index in [1.807, 2.05) is 30.3 Å². The molecule has 2 rings (SSSR count). The average molecular weight is 228 g/mol. The molecule has 0 aliphatic heterocycles. The second-order valence-corrected chi connectivity index (χ2v) is 3.72. The molecule has 1 heterocycles. The molecule has 0 amide bonds. The Morgan fingerprint density at radius 1 is 1.21 bits per heavy atom. The predicted molar refractivity (Wildman–Crippen MR) is 64.5 cm³/mol. The van der Waals surface area contributed by atoms with E-state index in [1.54, 1.807) is 11.3 Å². The molecule has 1 aromatic heterocycles. The van der Waals surface area contributed by atoms with Crippen molar-refractivity contribution in [1.29, 1.82) is 0 Å². The third kappa shape index (κ3) is 2.16. The molecule has 0 fully saturated rings. The Morgan fingerprint density at radius 3 is 2.57 bits per heavy atom. The first-order valence-electron chi connectivity index (χ1n) is 3.84. The highest BCUT2D eigenvalue weighted by atomic mass is 35.5. The van der Waals surface area contributed by atoms with Crippen LogP contribution in [-0.2, 0) is 0 Å². The Kier molecular flexibility index (Phi) is 3.33. The number of hydrogen-bond donors (Lipinski definition) is 2. The van der Waals surface area contributed by atoms with Crippen LogP contribution in [0, 0.1) is 0 Å². The number of nitrogens with zero attached hydrogens (tertiary/aromatic N) is 1. The van der Waals surface area contributed by atoms with Crippen molar-refractivity contribution in [2.24, 2.45) is 16.5 Å². The van der Waals surface area contributed by atoms with Crippen LogP contribution in [0.15, 0.2) is 35.3 Å². The quantitative estimate of drug-likeness (QED) is 0.580. The van der Waals surface area contributed by atoms with Crippen LogP contribution in [0.2, 0.25) is 0 Å². The van der Waals surface area contributed by atoms with Gasteiger partial charge in [0.15, 0.2) is 5.96 Å². The zero-order valence-corrected chi connectivity index (χ0v) is 8.94. The normalized spacial score (nSPS) is 9.43. The molecule has 0 unspecified atom stereocenters. The zero-order valence-electron chi connectivity index (χ0n) is 7.31. The monoisotopic (exact) mass is 227 g/mol. The number of hydrogen-bond acceptors (Lipinski definition) is 2. The number of benzene rings is 1. The van der Waals surface area contributed by atoms with Crippen molar-refractivity contribution in [1.82, 2.24) is 0 Å². The van der Waals surface area contributed by atoms with E-state index in [-0.39, 0.29) is 18.4 Å². The zero-order chi connectivity index (χ0) is 9.26. The summed E-state index contributed by atoms with van der Waals surface area (Å²) < 4.78 is 1.20. The maximum absolute atomic E-state index is 5.28. The van der Waals surface area contributed by atoms with Crippen LogP contribution in [0.1, 0.15) is 0 Å². The summed E-state index contributed by atoms with van der Waals surface area (Å²) in [5.74, 6) is 0.103. The van der Waals surface area contributed by atoms with Crippen LogP contribution in [-0.4, -0.2) is 5.96 Å². The highest BCUT2D eigenvalue weighted by Crippen LogP contribution is 2.31. The van der Waals surface area contributed by atoms with Crippen molar-refractivity contribution >= 4 is 44.8 Å². The van der Waals surface area contributed by atoms with E-state index in [4.69, 9.17) is 11.5 Å². The molecule has 3 nitrogen and oxygen atoms in total. The van der Waals surface area contributed by atoms with Gasteiger partial charge in [0.05, 0.1) is 0 Å². The highest BCUT2D eigenvalue weighted by Gasteiger charge is 1.98. The van der Waals surface area contributed by atoms with Crippen LogP contribution in [0.4, 0.5) is 5.00 Å². The smallest absolute Gasteiger partial charge is 0.191 e. The first-order valence-corrected chi connectivity index (χ1v) is 4.65. The van der Waals surface area contributed by atoms with Crippen LogP contribution in [0.25, 0.3) is 10.1 Å². The van der Waals surface area contributed by atoms with E-state index >= 15 is 0 Å². The second kappa shape index (κ2) is 4.30. The summed E-state index contributed by atoms with van der Waals surface area (Å²) in [6, 6.07) is 10.1. The molecule has 74 valence electrons. The van der Waals surface area contributed by atoms with Crippen molar-refractivity contribution in [3.8, 4) is 0 Å². The molecule has 4 N–H and O–H groups in total. The van der Waals surface area contributed by atoms with Gasteiger partial charge in [-0.3, -0.25) is 0 Å². The molecular weight excluding hydrogens is 218 g/mol. The molecule has 0 aliphatic carbocycles. The Bertz CT molecular complexity index is 427. The summed E-state index contributed by atoms with van der Waals surface area (Å²) in [5, 5.41) is 2.02. The second-order valence-electron chi connectivity index (χ2n) is 2.66. The van der Waals surface area contributed by atoms with E-state index in [0.717, 1.165) is 5.00 Å². The Balaban J connectivity index is 0.000000980. The van der Waals surface area contributed by atoms with Gasteiger partial charge in [0.2, 0.25) is 0 Å². The molecule has 5 heteroatoms. The molecule has 0 aliphatic rings. The van der Waals surface area contributed by atoms with Crippen LogP contribution in [0.5, 0.6) is 0 Å². The van der Waals surface area contributed by atoms with Crippen LogP contribution < -0.4 is 11.5 Å². The molecule has 0 radical (unpaired) electrons. The third-order valence-electron chi connectivity index (χ3n) is 1.65. The lowest BCUT2D eigenvalue weighted by atomic mass is 10.3. The number of aliphatic imine (C=N–C) groups is 1. The van der Waals surface area contributed by atoms with Crippen molar-refractivity contribution < 1.29 is 0 Å². The van der Waals surface area contributed by atoms with E-state index in [0.29, 0.717) is 0 Å². The fraction of sp³-hybridized carbons (Fsp3) is 0. The van der Waals surface area contributed by atoms with Gasteiger partial charge in [-0.05, 0) is 17.5 Å². The fourth-order valence-corrected chi connectivity index (χ4v) is 2.10. The van der Waals surface area contributed by atoms with E-state index in [1.165, 1.54) is 10.1 Å². The minimum Gasteiger partial charge on any atom is -0.370 e. The highest BCUT2D eigenvalue weighted by molar-refractivity contribution is 7.22. The summed E-state index contributed by atoms with van der Waals surface area (Å²) in [5.41, 5.74) is 10.6. The van der Waals surface area contributed by atoms with Gasteiger partial charge in [-0.2, -0.15) is 0 Å². The predicted octanol–water partition coefficient (Wildman–Crippen LogP) is 2.23. The van der Waals surface area contributed by atoms with Crippen molar-refractivity contribution in [2.45, 2.75) is 0 Å². The lowest BCUT2D eigenvalue weighted by Gasteiger charge is -1.85. The molecule has 0 saturated carbocycles. The summed E-state index contributed by atoms with van der Waals surface area (Å²) in [7, 11) is 0. The van der Waals surface area contributed by atoms with Crippen molar-refractivity contribution in [3.05, 3.63) is 30.3 Å². The number of thiophene rings is 1. The lowest BCUT2D eigenvalue weighted by molar-refractivity contribution is 1.46. The molecule has 2 aromatic rings. The van der Waals surface area contributed by atoms with Crippen LogP contribution >= 0.6 is 23.7 Å². The van der Waals surface area contributed by atoms with Gasteiger partial charge >= 0.3 is 0 Å². The SMILES string of the molecule is Cl.NC(N)=Nc1cc2ccccc2s1. The van der Waals surface area contributed by atoms with Gasteiger partial charge in [-0.25, -0.2) is 4.99 Å². The molecular formula is C9H10ClN3S. The number of rotatable bonds is 1. The Morgan fingerprint density at radius 2 is 1.93 bits per heavy atom. The summed E-state index contributed by atoms with van der Waals surface area (Å²) >= 11 is 1.58. The minimum absolute atomic E-state index is 0. The van der Waals surface area contributed by atoms with E-state index < -0.39 is 0 Å². The number of halogens is 1. The van der Waals surface area contributed by atoms with E-state index in [9.17, 15) is 0 Å². The summed E-state index contributed by atoms with van der Waals surface area (Å²) in [6.45, 7) is 0. The minimum atomic E-state index is 0.